The van der Waals surface area contributed by atoms with Gasteiger partial charge in [-0.25, -0.2) is 0 Å². The van der Waals surface area contributed by atoms with Gasteiger partial charge in [0, 0.05) is 17.0 Å². The van der Waals surface area contributed by atoms with Crippen molar-refractivity contribution < 1.29 is 9.47 Å². The van der Waals surface area contributed by atoms with Gasteiger partial charge in [-0.1, -0.05) is 39.7 Å². The van der Waals surface area contributed by atoms with E-state index in [9.17, 15) is 0 Å². The fourth-order valence-electron chi connectivity index (χ4n) is 2.49. The Kier molecular flexibility index (Phi) is 5.29. The number of rotatable bonds is 5. The fourth-order valence-corrected chi connectivity index (χ4v) is 2.96. The Labute approximate surface area is 135 Å². The molecule has 0 amide bonds. The normalized spacial score (nSPS) is 10.5. The molecular formula is C18H21BrO2. The van der Waals surface area contributed by atoms with E-state index in [0.717, 1.165) is 22.4 Å². The van der Waals surface area contributed by atoms with Gasteiger partial charge in [-0.2, -0.15) is 0 Å². The Morgan fingerprint density at radius 1 is 1.00 bits per heavy atom. The number of ether oxygens (including phenoxy) is 2. The second-order valence-electron chi connectivity index (χ2n) is 5.27. The third kappa shape index (κ3) is 3.79. The average molecular weight is 349 g/mol. The molecule has 0 spiro atoms. The minimum absolute atomic E-state index is 0.575. The van der Waals surface area contributed by atoms with E-state index in [0.29, 0.717) is 6.61 Å². The van der Waals surface area contributed by atoms with Crippen LogP contribution in [0.3, 0.4) is 0 Å². The van der Waals surface area contributed by atoms with Crippen LogP contribution in [0.2, 0.25) is 0 Å². The summed E-state index contributed by atoms with van der Waals surface area (Å²) in [5, 5.41) is 0.762. The molecule has 0 unspecified atom stereocenters. The van der Waals surface area contributed by atoms with E-state index < -0.39 is 0 Å². The lowest BCUT2D eigenvalue weighted by molar-refractivity contribution is 0.300. The molecule has 2 nitrogen and oxygen atoms in total. The van der Waals surface area contributed by atoms with Crippen molar-refractivity contribution in [3.8, 4) is 11.5 Å². The van der Waals surface area contributed by atoms with E-state index in [-0.39, 0.29) is 0 Å². The zero-order chi connectivity index (χ0) is 15.4. The van der Waals surface area contributed by atoms with Gasteiger partial charge in [0.25, 0.3) is 0 Å². The van der Waals surface area contributed by atoms with Crippen LogP contribution in [-0.2, 0) is 11.9 Å². The Morgan fingerprint density at radius 3 is 2.24 bits per heavy atom. The van der Waals surface area contributed by atoms with Crippen LogP contribution in [0.25, 0.3) is 0 Å². The first-order valence-corrected chi connectivity index (χ1v) is 8.09. The fraction of sp³-hybridized carbons (Fsp3) is 0.333. The molecule has 0 atom stereocenters. The second kappa shape index (κ2) is 6.99. The summed E-state index contributed by atoms with van der Waals surface area (Å²) in [5.74, 6) is 1.68. The van der Waals surface area contributed by atoms with Crippen molar-refractivity contribution in [3.05, 3.63) is 58.1 Å². The predicted octanol–water partition coefficient (Wildman–Crippen LogP) is 5.09. The first kappa shape index (κ1) is 15.9. The average Bonchev–Trinajstić information content (AvgIpc) is 2.45. The first-order valence-electron chi connectivity index (χ1n) is 6.97. The van der Waals surface area contributed by atoms with E-state index in [1.807, 2.05) is 18.2 Å². The van der Waals surface area contributed by atoms with Crippen LogP contribution in [0, 0.1) is 20.8 Å². The molecule has 0 aliphatic carbocycles. The van der Waals surface area contributed by atoms with Crippen LogP contribution < -0.4 is 9.47 Å². The predicted molar refractivity (Wildman–Crippen MR) is 90.6 cm³/mol. The van der Waals surface area contributed by atoms with Crippen molar-refractivity contribution in [2.75, 3.05) is 7.11 Å². The molecule has 112 valence electrons. The van der Waals surface area contributed by atoms with E-state index in [2.05, 4.69) is 48.8 Å². The van der Waals surface area contributed by atoms with E-state index in [4.69, 9.17) is 9.47 Å². The van der Waals surface area contributed by atoms with Gasteiger partial charge in [0.15, 0.2) is 0 Å². The molecular weight excluding hydrogens is 328 g/mol. The Hall–Kier alpha value is -1.48. The minimum Gasteiger partial charge on any atom is -0.497 e. The summed E-state index contributed by atoms with van der Waals surface area (Å²) in [6, 6.07) is 10.3. The van der Waals surface area contributed by atoms with Crippen molar-refractivity contribution in [2.24, 2.45) is 0 Å². The van der Waals surface area contributed by atoms with Gasteiger partial charge in [-0.15, -0.1) is 0 Å². The van der Waals surface area contributed by atoms with Crippen molar-refractivity contribution in [1.82, 2.24) is 0 Å². The number of benzene rings is 2. The van der Waals surface area contributed by atoms with Crippen LogP contribution in [0.5, 0.6) is 11.5 Å². The molecule has 0 saturated carbocycles. The highest BCUT2D eigenvalue weighted by Crippen LogP contribution is 2.28. The Morgan fingerprint density at radius 2 is 1.67 bits per heavy atom. The second-order valence-corrected chi connectivity index (χ2v) is 5.83. The van der Waals surface area contributed by atoms with Crippen LogP contribution in [0.15, 0.2) is 30.3 Å². The monoisotopic (exact) mass is 348 g/mol. The molecule has 0 aliphatic heterocycles. The molecule has 0 saturated heterocycles. The smallest absolute Gasteiger partial charge is 0.127 e. The molecule has 2 rings (SSSR count). The molecule has 3 heteroatoms. The summed E-state index contributed by atoms with van der Waals surface area (Å²) in [6.07, 6.45) is 0. The van der Waals surface area contributed by atoms with Gasteiger partial charge < -0.3 is 9.47 Å². The number of hydrogen-bond donors (Lipinski definition) is 0. The van der Waals surface area contributed by atoms with E-state index in [1.165, 1.54) is 22.3 Å². The molecule has 0 N–H and O–H groups in total. The summed E-state index contributed by atoms with van der Waals surface area (Å²) >= 11 is 3.50. The number of aryl methyl sites for hydroxylation is 3. The van der Waals surface area contributed by atoms with E-state index >= 15 is 0 Å². The lowest BCUT2D eigenvalue weighted by Crippen LogP contribution is -2.03. The topological polar surface area (TPSA) is 18.5 Å². The summed E-state index contributed by atoms with van der Waals surface area (Å²) < 4.78 is 11.3. The Balaban J connectivity index is 2.24. The van der Waals surface area contributed by atoms with Gasteiger partial charge >= 0.3 is 0 Å². The maximum atomic E-state index is 6.05. The largest absolute Gasteiger partial charge is 0.497 e. The summed E-state index contributed by atoms with van der Waals surface area (Å²) in [6.45, 7) is 6.96. The van der Waals surface area contributed by atoms with Gasteiger partial charge in [0.05, 0.1) is 7.11 Å². The Bertz CT molecular complexity index is 612. The molecule has 0 radical (unpaired) electrons. The number of methoxy groups -OCH3 is 1. The standard InChI is InChI=1S/C18H21BrO2/c1-12-7-13(2)17(14(3)8-12)11-21-18-9-16(20-4)6-5-15(18)10-19/h5-9H,10-11H2,1-4H3. The van der Waals surface area contributed by atoms with Gasteiger partial charge in [-0.3, -0.25) is 0 Å². The summed E-state index contributed by atoms with van der Waals surface area (Å²) in [4.78, 5) is 0. The molecule has 0 fully saturated rings. The van der Waals surface area contributed by atoms with Gasteiger partial charge in [0.2, 0.25) is 0 Å². The third-order valence-corrected chi connectivity index (χ3v) is 4.23. The molecule has 2 aromatic carbocycles. The molecule has 0 aromatic heterocycles. The highest BCUT2D eigenvalue weighted by Gasteiger charge is 2.08. The zero-order valence-electron chi connectivity index (χ0n) is 13.0. The van der Waals surface area contributed by atoms with Crippen molar-refractivity contribution in [2.45, 2.75) is 32.7 Å². The molecule has 0 heterocycles. The van der Waals surface area contributed by atoms with Crippen molar-refractivity contribution >= 4 is 15.9 Å². The third-order valence-electron chi connectivity index (χ3n) is 3.63. The van der Waals surface area contributed by atoms with Crippen molar-refractivity contribution in [3.63, 3.8) is 0 Å². The molecule has 0 aliphatic rings. The first-order chi connectivity index (χ1) is 10.0. The van der Waals surface area contributed by atoms with Crippen molar-refractivity contribution in [1.29, 1.82) is 0 Å². The van der Waals surface area contributed by atoms with Crippen LogP contribution in [0.4, 0.5) is 0 Å². The molecule has 2 aromatic rings. The SMILES string of the molecule is COc1ccc(CBr)c(OCc2c(C)cc(C)cc2C)c1. The number of hydrogen-bond acceptors (Lipinski definition) is 2. The minimum atomic E-state index is 0.575. The summed E-state index contributed by atoms with van der Waals surface area (Å²) in [5.41, 5.74) is 6.21. The highest BCUT2D eigenvalue weighted by molar-refractivity contribution is 9.08. The van der Waals surface area contributed by atoms with Crippen LogP contribution in [-0.4, -0.2) is 7.11 Å². The summed E-state index contributed by atoms with van der Waals surface area (Å²) in [7, 11) is 1.67. The zero-order valence-corrected chi connectivity index (χ0v) is 14.6. The highest BCUT2D eigenvalue weighted by atomic mass is 79.9. The molecule has 21 heavy (non-hydrogen) atoms. The molecule has 0 bridgehead atoms. The van der Waals surface area contributed by atoms with Gasteiger partial charge in [0.1, 0.15) is 18.1 Å². The van der Waals surface area contributed by atoms with Crippen LogP contribution in [0.1, 0.15) is 27.8 Å². The lowest BCUT2D eigenvalue weighted by Gasteiger charge is -2.15. The maximum Gasteiger partial charge on any atom is 0.127 e. The van der Waals surface area contributed by atoms with Crippen LogP contribution >= 0.6 is 15.9 Å². The maximum absolute atomic E-state index is 6.05. The lowest BCUT2D eigenvalue weighted by atomic mass is 10.0. The number of alkyl halides is 1. The quantitative estimate of drug-likeness (QED) is 0.700. The number of halogens is 1. The van der Waals surface area contributed by atoms with E-state index in [1.54, 1.807) is 7.11 Å². The van der Waals surface area contributed by atoms with Gasteiger partial charge in [-0.05, 0) is 43.5 Å².